The maximum Gasteiger partial charge on any atom is 0.335 e. The normalized spacial score (nSPS) is 18.4. The summed E-state index contributed by atoms with van der Waals surface area (Å²) in [5, 5.41) is 13.3. The Balaban J connectivity index is 1.81. The number of benzene rings is 2. The maximum atomic E-state index is 10.9. The van der Waals surface area contributed by atoms with Gasteiger partial charge in [-0.3, -0.25) is 5.43 Å². The lowest BCUT2D eigenvalue weighted by molar-refractivity contribution is 0.0697. The van der Waals surface area contributed by atoms with E-state index in [1.165, 1.54) is 16.8 Å². The molecule has 0 bridgehead atoms. The molecule has 5 nitrogen and oxygen atoms in total. The number of carboxylic acids is 1. The second kappa shape index (κ2) is 7.06. The van der Waals surface area contributed by atoms with E-state index in [1.807, 2.05) is 6.21 Å². The highest BCUT2D eigenvalue weighted by Gasteiger charge is 2.34. The topological polar surface area (TPSA) is 64.9 Å². The van der Waals surface area contributed by atoms with Gasteiger partial charge in [-0.15, -0.1) is 0 Å². The molecule has 0 amide bonds. The standard InChI is InChI=1S/C22H27N3O2/c1-14-10-20-19(15(2)12-22(3,4)25(20)5)11-17(14)13-23-24-18-8-6-16(7-9-18)21(26)27/h6-11,13,15,24H,12H2,1-5H3,(H,26,27)/b23-13+/t15-/m0/s1. The number of hydrazone groups is 1. The molecule has 0 fully saturated rings. The highest BCUT2D eigenvalue weighted by atomic mass is 16.4. The molecule has 0 aliphatic carbocycles. The van der Waals surface area contributed by atoms with Crippen molar-refractivity contribution in [3.8, 4) is 0 Å². The first-order valence-corrected chi connectivity index (χ1v) is 9.20. The van der Waals surface area contributed by atoms with Crippen LogP contribution >= 0.6 is 0 Å². The summed E-state index contributed by atoms with van der Waals surface area (Å²) in [7, 11) is 2.17. The number of hydrogen-bond acceptors (Lipinski definition) is 4. The molecule has 27 heavy (non-hydrogen) atoms. The molecule has 3 rings (SSSR count). The number of aromatic carboxylic acids is 1. The van der Waals surface area contributed by atoms with Gasteiger partial charge in [-0.2, -0.15) is 5.10 Å². The third kappa shape index (κ3) is 3.82. The summed E-state index contributed by atoms with van der Waals surface area (Å²) in [4.78, 5) is 13.3. The van der Waals surface area contributed by atoms with Gasteiger partial charge in [-0.05, 0) is 86.2 Å². The highest BCUT2D eigenvalue weighted by Crippen LogP contribution is 2.43. The van der Waals surface area contributed by atoms with Gasteiger partial charge < -0.3 is 10.0 Å². The fourth-order valence-corrected chi connectivity index (χ4v) is 3.74. The lowest BCUT2D eigenvalue weighted by Crippen LogP contribution is -2.45. The van der Waals surface area contributed by atoms with Crippen molar-refractivity contribution < 1.29 is 9.90 Å². The zero-order valence-electron chi connectivity index (χ0n) is 16.6. The second-order valence-electron chi connectivity index (χ2n) is 8.00. The summed E-state index contributed by atoms with van der Waals surface area (Å²) < 4.78 is 0. The van der Waals surface area contributed by atoms with Gasteiger partial charge in [-0.1, -0.05) is 6.92 Å². The molecule has 0 aromatic heterocycles. The summed E-state index contributed by atoms with van der Waals surface area (Å²) in [5.41, 5.74) is 9.05. The van der Waals surface area contributed by atoms with Gasteiger partial charge in [-0.25, -0.2) is 4.79 Å². The van der Waals surface area contributed by atoms with Crippen molar-refractivity contribution >= 4 is 23.6 Å². The smallest absolute Gasteiger partial charge is 0.335 e. The summed E-state index contributed by atoms with van der Waals surface area (Å²) in [6, 6.07) is 11.0. The van der Waals surface area contributed by atoms with Crippen LogP contribution in [0.15, 0.2) is 41.5 Å². The van der Waals surface area contributed by atoms with Crippen LogP contribution in [0.1, 0.15) is 60.2 Å². The molecule has 0 unspecified atom stereocenters. The molecule has 0 radical (unpaired) electrons. The van der Waals surface area contributed by atoms with Crippen LogP contribution in [-0.2, 0) is 0 Å². The van der Waals surface area contributed by atoms with Gasteiger partial charge in [0.2, 0.25) is 0 Å². The van der Waals surface area contributed by atoms with Crippen LogP contribution in [0.25, 0.3) is 0 Å². The molecule has 1 heterocycles. The number of anilines is 2. The fraction of sp³-hybridized carbons (Fsp3) is 0.364. The number of carboxylic acid groups (broad SMARTS) is 1. The van der Waals surface area contributed by atoms with Crippen molar-refractivity contribution in [3.05, 3.63) is 58.7 Å². The average Bonchev–Trinajstić information content (AvgIpc) is 2.61. The molecule has 1 aliphatic rings. The Morgan fingerprint density at radius 1 is 1.30 bits per heavy atom. The van der Waals surface area contributed by atoms with Crippen molar-refractivity contribution in [3.63, 3.8) is 0 Å². The third-order valence-electron chi connectivity index (χ3n) is 5.55. The number of rotatable bonds is 4. The van der Waals surface area contributed by atoms with Crippen molar-refractivity contribution in [1.82, 2.24) is 0 Å². The molecule has 0 saturated heterocycles. The molecule has 2 aromatic rings. The lowest BCUT2D eigenvalue weighted by Gasteiger charge is -2.45. The van der Waals surface area contributed by atoms with E-state index in [9.17, 15) is 4.79 Å². The van der Waals surface area contributed by atoms with E-state index < -0.39 is 5.97 Å². The Morgan fingerprint density at radius 2 is 1.96 bits per heavy atom. The molecule has 1 aliphatic heterocycles. The molecule has 2 aromatic carbocycles. The van der Waals surface area contributed by atoms with E-state index >= 15 is 0 Å². The minimum absolute atomic E-state index is 0.151. The Labute approximate surface area is 160 Å². The van der Waals surface area contributed by atoms with Crippen molar-refractivity contribution in [1.29, 1.82) is 0 Å². The van der Waals surface area contributed by atoms with Crippen molar-refractivity contribution in [2.24, 2.45) is 5.10 Å². The highest BCUT2D eigenvalue weighted by molar-refractivity contribution is 5.88. The predicted molar refractivity (Wildman–Crippen MR) is 111 cm³/mol. The quantitative estimate of drug-likeness (QED) is 0.600. The minimum atomic E-state index is -0.933. The summed E-state index contributed by atoms with van der Waals surface area (Å²) in [6.07, 6.45) is 2.94. The van der Waals surface area contributed by atoms with Crippen molar-refractivity contribution in [2.45, 2.75) is 45.6 Å². The zero-order chi connectivity index (χ0) is 19.8. The van der Waals surface area contributed by atoms with Crippen LogP contribution < -0.4 is 10.3 Å². The Bertz CT molecular complexity index is 885. The van der Waals surface area contributed by atoms with Gasteiger partial charge >= 0.3 is 5.97 Å². The summed E-state index contributed by atoms with van der Waals surface area (Å²) in [6.45, 7) is 8.96. The number of nitrogens with one attached hydrogen (secondary N) is 1. The first-order valence-electron chi connectivity index (χ1n) is 9.20. The maximum absolute atomic E-state index is 10.9. The molecule has 0 saturated carbocycles. The van der Waals surface area contributed by atoms with Crippen LogP contribution in [0, 0.1) is 6.92 Å². The van der Waals surface area contributed by atoms with E-state index in [0.29, 0.717) is 5.92 Å². The fourth-order valence-electron chi connectivity index (χ4n) is 3.74. The van der Waals surface area contributed by atoms with Crippen LogP contribution in [0.5, 0.6) is 0 Å². The van der Waals surface area contributed by atoms with E-state index in [2.05, 4.69) is 62.3 Å². The molecular formula is C22H27N3O2. The molecular weight excluding hydrogens is 338 g/mol. The van der Waals surface area contributed by atoms with E-state index in [-0.39, 0.29) is 11.1 Å². The van der Waals surface area contributed by atoms with E-state index in [4.69, 9.17) is 5.11 Å². The van der Waals surface area contributed by atoms with Gasteiger partial charge in [0.1, 0.15) is 0 Å². The predicted octanol–water partition coefficient (Wildman–Crippen LogP) is 4.86. The number of fused-ring (bicyclic) bond motifs is 1. The van der Waals surface area contributed by atoms with Crippen LogP contribution in [0.2, 0.25) is 0 Å². The average molecular weight is 365 g/mol. The van der Waals surface area contributed by atoms with Crippen molar-refractivity contribution in [2.75, 3.05) is 17.4 Å². The van der Waals surface area contributed by atoms with E-state index in [1.54, 1.807) is 24.3 Å². The van der Waals surface area contributed by atoms with Gasteiger partial charge in [0.25, 0.3) is 0 Å². The summed E-state index contributed by atoms with van der Waals surface area (Å²) >= 11 is 0. The van der Waals surface area contributed by atoms with Crippen LogP contribution in [-0.4, -0.2) is 29.9 Å². The Hall–Kier alpha value is -2.82. The largest absolute Gasteiger partial charge is 0.478 e. The second-order valence-corrected chi connectivity index (χ2v) is 8.00. The number of aryl methyl sites for hydroxylation is 1. The molecule has 142 valence electrons. The van der Waals surface area contributed by atoms with Gasteiger partial charge in [0.15, 0.2) is 0 Å². The lowest BCUT2D eigenvalue weighted by atomic mass is 9.79. The number of nitrogens with zero attached hydrogens (tertiary/aromatic N) is 2. The first-order chi connectivity index (χ1) is 12.7. The Kier molecular flexibility index (Phi) is 4.96. The minimum Gasteiger partial charge on any atom is -0.478 e. The molecule has 2 N–H and O–H groups in total. The SMILES string of the molecule is Cc1cc2c(cc1/C=N/Nc1ccc(C(=O)O)cc1)[C@@H](C)CC(C)(C)N2C. The number of carbonyl (C=O) groups is 1. The Morgan fingerprint density at radius 3 is 2.59 bits per heavy atom. The summed E-state index contributed by atoms with van der Waals surface area (Å²) in [5.74, 6) is -0.438. The zero-order valence-corrected chi connectivity index (χ0v) is 16.6. The van der Waals surface area contributed by atoms with Gasteiger partial charge in [0.05, 0.1) is 17.5 Å². The molecule has 1 atom stereocenters. The third-order valence-corrected chi connectivity index (χ3v) is 5.55. The van der Waals surface area contributed by atoms with Crippen LogP contribution in [0.4, 0.5) is 11.4 Å². The molecule has 0 spiro atoms. The monoisotopic (exact) mass is 365 g/mol. The molecule has 5 heteroatoms. The first kappa shape index (κ1) is 19.0. The van der Waals surface area contributed by atoms with Crippen LogP contribution in [0.3, 0.4) is 0 Å². The van der Waals surface area contributed by atoms with Gasteiger partial charge in [0, 0.05) is 18.3 Å². The van der Waals surface area contributed by atoms with E-state index in [0.717, 1.165) is 17.7 Å². The number of hydrogen-bond donors (Lipinski definition) is 2.